The first-order valence-electron chi connectivity index (χ1n) is 9.68. The van der Waals surface area contributed by atoms with Crippen LogP contribution in [-0.4, -0.2) is 40.1 Å². The number of H-pyrrole nitrogens is 1. The summed E-state index contributed by atoms with van der Waals surface area (Å²) in [5, 5.41) is 11.0. The first-order valence-corrected chi connectivity index (χ1v) is 13.4. The van der Waals surface area contributed by atoms with Crippen molar-refractivity contribution in [2.45, 2.75) is 23.8 Å². The van der Waals surface area contributed by atoms with Gasteiger partial charge in [-0.25, -0.2) is 13.4 Å². The molecule has 8 nitrogen and oxygen atoms in total. The van der Waals surface area contributed by atoms with Crippen LogP contribution in [0.2, 0.25) is 0 Å². The summed E-state index contributed by atoms with van der Waals surface area (Å²) < 4.78 is 28.8. The van der Waals surface area contributed by atoms with E-state index in [4.69, 9.17) is 4.42 Å². The first kappa shape index (κ1) is 20.4. The minimum atomic E-state index is -2.93. The van der Waals surface area contributed by atoms with E-state index in [9.17, 15) is 13.2 Å². The van der Waals surface area contributed by atoms with Crippen LogP contribution in [0, 0.1) is 5.92 Å². The molecule has 1 atom stereocenters. The second-order valence-corrected chi connectivity index (χ2v) is 11.4. The molecule has 160 valence electrons. The van der Waals surface area contributed by atoms with Crippen LogP contribution in [0.4, 0.5) is 0 Å². The minimum Gasteiger partial charge on any atom is -0.416 e. The maximum Gasteiger partial charge on any atom is 0.277 e. The number of aromatic nitrogens is 4. The number of nitrogens with zero attached hydrogens (tertiary/aromatic N) is 3. The fourth-order valence-electron chi connectivity index (χ4n) is 3.68. The first-order chi connectivity index (χ1) is 15.0. The molecule has 0 spiro atoms. The van der Waals surface area contributed by atoms with Gasteiger partial charge in [0, 0.05) is 17.4 Å². The highest BCUT2D eigenvalue weighted by Crippen LogP contribution is 2.31. The number of hydrogen-bond donors (Lipinski definition) is 1. The molecule has 1 N–H and O–H groups in total. The van der Waals surface area contributed by atoms with Gasteiger partial charge in [0.15, 0.2) is 9.84 Å². The van der Waals surface area contributed by atoms with Crippen LogP contribution in [0.15, 0.2) is 50.1 Å². The molecule has 0 aliphatic carbocycles. The third kappa shape index (κ3) is 4.43. The SMILES string of the molecule is O=c1[nH]c(CSc2nnc(CC3CCS(=O)(=O)C3)o2)nc2scc(-c3ccccc3)c12. The average molecular weight is 475 g/mol. The summed E-state index contributed by atoms with van der Waals surface area (Å²) in [6.07, 6.45) is 1.09. The Balaban J connectivity index is 1.29. The molecule has 31 heavy (non-hydrogen) atoms. The lowest BCUT2D eigenvalue weighted by Crippen LogP contribution is -2.10. The van der Waals surface area contributed by atoms with E-state index in [1.165, 1.54) is 23.1 Å². The number of thiophene rings is 1. The molecule has 1 fully saturated rings. The van der Waals surface area contributed by atoms with Gasteiger partial charge in [-0.05, 0) is 17.9 Å². The Morgan fingerprint density at radius 3 is 2.84 bits per heavy atom. The van der Waals surface area contributed by atoms with E-state index >= 15 is 0 Å². The van der Waals surface area contributed by atoms with Crippen molar-refractivity contribution in [1.29, 1.82) is 0 Å². The van der Waals surface area contributed by atoms with Gasteiger partial charge in [0.05, 0.1) is 22.6 Å². The highest BCUT2D eigenvalue weighted by molar-refractivity contribution is 7.98. The number of aromatic amines is 1. The molecule has 0 amide bonds. The smallest absolute Gasteiger partial charge is 0.277 e. The number of rotatable bonds is 6. The summed E-state index contributed by atoms with van der Waals surface area (Å²) in [5.41, 5.74) is 1.69. The number of benzene rings is 1. The van der Waals surface area contributed by atoms with Gasteiger partial charge in [-0.1, -0.05) is 42.1 Å². The maximum absolute atomic E-state index is 12.7. The highest BCUT2D eigenvalue weighted by Gasteiger charge is 2.29. The Kier molecular flexibility index (Phi) is 5.40. The highest BCUT2D eigenvalue weighted by atomic mass is 32.2. The molecular formula is C20H18N4O4S3. The van der Waals surface area contributed by atoms with Crippen LogP contribution >= 0.6 is 23.1 Å². The molecule has 3 aromatic heterocycles. The predicted octanol–water partition coefficient (Wildman–Crippen LogP) is 3.30. The van der Waals surface area contributed by atoms with E-state index in [0.29, 0.717) is 45.7 Å². The van der Waals surface area contributed by atoms with Crippen molar-refractivity contribution in [1.82, 2.24) is 20.2 Å². The average Bonchev–Trinajstić information content (AvgIpc) is 3.46. The summed E-state index contributed by atoms with van der Waals surface area (Å²) >= 11 is 2.73. The molecule has 11 heteroatoms. The Bertz CT molecular complexity index is 1390. The molecule has 4 aromatic rings. The van der Waals surface area contributed by atoms with Gasteiger partial charge in [-0.2, -0.15) is 0 Å². The number of sulfone groups is 1. The summed E-state index contributed by atoms with van der Waals surface area (Å²) in [7, 11) is -2.93. The van der Waals surface area contributed by atoms with Crippen molar-refractivity contribution in [2.75, 3.05) is 11.5 Å². The molecule has 1 aromatic carbocycles. The normalized spacial score (nSPS) is 18.0. The molecule has 1 unspecified atom stereocenters. The van der Waals surface area contributed by atoms with Gasteiger partial charge in [-0.15, -0.1) is 21.5 Å². The Morgan fingerprint density at radius 2 is 2.06 bits per heavy atom. The van der Waals surface area contributed by atoms with Crippen molar-refractivity contribution in [3.05, 3.63) is 57.8 Å². The number of nitrogens with one attached hydrogen (secondary N) is 1. The summed E-state index contributed by atoms with van der Waals surface area (Å²) in [5.74, 6) is 1.78. The van der Waals surface area contributed by atoms with Crippen LogP contribution in [0.1, 0.15) is 18.1 Å². The maximum atomic E-state index is 12.7. The van der Waals surface area contributed by atoms with Gasteiger partial charge in [0.2, 0.25) is 5.89 Å². The van der Waals surface area contributed by atoms with Gasteiger partial charge >= 0.3 is 0 Å². The molecule has 1 aliphatic rings. The van der Waals surface area contributed by atoms with E-state index in [1.807, 2.05) is 35.7 Å². The molecule has 1 saturated heterocycles. The van der Waals surface area contributed by atoms with Crippen molar-refractivity contribution in [3.63, 3.8) is 0 Å². The van der Waals surface area contributed by atoms with Crippen molar-refractivity contribution in [3.8, 4) is 11.1 Å². The molecule has 1 aliphatic heterocycles. The largest absolute Gasteiger partial charge is 0.416 e. The minimum absolute atomic E-state index is 0.0290. The van der Waals surface area contributed by atoms with Gasteiger partial charge < -0.3 is 9.40 Å². The van der Waals surface area contributed by atoms with E-state index in [2.05, 4.69) is 20.2 Å². The number of thioether (sulfide) groups is 1. The quantitative estimate of drug-likeness (QED) is 0.423. The lowest BCUT2D eigenvalue weighted by atomic mass is 10.1. The monoisotopic (exact) mass is 474 g/mol. The molecular weight excluding hydrogens is 456 g/mol. The van der Waals surface area contributed by atoms with Crippen molar-refractivity contribution in [2.24, 2.45) is 5.92 Å². The fourth-order valence-corrected chi connectivity index (χ4v) is 7.16. The van der Waals surface area contributed by atoms with Gasteiger partial charge in [0.25, 0.3) is 10.8 Å². The molecule has 5 rings (SSSR count). The lowest BCUT2D eigenvalue weighted by Gasteiger charge is -2.02. The summed E-state index contributed by atoms with van der Waals surface area (Å²) in [6.45, 7) is 0. The van der Waals surface area contributed by atoms with E-state index in [0.717, 1.165) is 11.1 Å². The topological polar surface area (TPSA) is 119 Å². The van der Waals surface area contributed by atoms with Crippen molar-refractivity contribution < 1.29 is 12.8 Å². The number of hydrogen-bond acceptors (Lipinski definition) is 9. The van der Waals surface area contributed by atoms with Crippen molar-refractivity contribution >= 4 is 43.2 Å². The van der Waals surface area contributed by atoms with Gasteiger partial charge in [-0.3, -0.25) is 4.79 Å². The van der Waals surface area contributed by atoms with Crippen LogP contribution in [-0.2, 0) is 22.0 Å². The van der Waals surface area contributed by atoms with E-state index in [-0.39, 0.29) is 23.0 Å². The van der Waals surface area contributed by atoms with Crippen LogP contribution in [0.3, 0.4) is 0 Å². The Hall–Kier alpha value is -2.50. The zero-order valence-corrected chi connectivity index (χ0v) is 18.7. The standard InChI is InChI=1S/C20H18N4O4S3/c25-18-17-14(13-4-2-1-3-5-13)9-29-19(17)22-15(21-18)10-30-20-24-23-16(28-20)8-12-6-7-31(26,27)11-12/h1-5,9,12H,6-8,10-11H2,(H,21,22,25). The number of fused-ring (bicyclic) bond motifs is 1. The Morgan fingerprint density at radius 1 is 1.23 bits per heavy atom. The Labute approximate surface area is 186 Å². The van der Waals surface area contributed by atoms with E-state index < -0.39 is 9.84 Å². The third-order valence-electron chi connectivity index (χ3n) is 5.15. The summed E-state index contributed by atoms with van der Waals surface area (Å²) in [4.78, 5) is 20.8. The third-order valence-corrected chi connectivity index (χ3v) is 8.69. The molecule has 0 saturated carbocycles. The van der Waals surface area contributed by atoms with E-state index in [1.54, 1.807) is 0 Å². The van der Waals surface area contributed by atoms with Crippen LogP contribution in [0.25, 0.3) is 21.3 Å². The van der Waals surface area contributed by atoms with Gasteiger partial charge in [0.1, 0.15) is 10.7 Å². The molecule has 4 heterocycles. The molecule has 0 radical (unpaired) electrons. The van der Waals surface area contributed by atoms with Crippen LogP contribution in [0.5, 0.6) is 0 Å². The molecule has 0 bridgehead atoms. The predicted molar refractivity (Wildman–Crippen MR) is 120 cm³/mol. The fraction of sp³-hybridized carbons (Fsp3) is 0.300. The zero-order valence-electron chi connectivity index (χ0n) is 16.3. The van der Waals surface area contributed by atoms with Crippen LogP contribution < -0.4 is 5.56 Å². The zero-order chi connectivity index (χ0) is 21.4. The summed E-state index contributed by atoms with van der Waals surface area (Å²) in [6, 6.07) is 9.76. The second kappa shape index (κ2) is 8.21. The second-order valence-electron chi connectivity index (χ2n) is 7.43. The lowest BCUT2D eigenvalue weighted by molar-refractivity contribution is 0.389.